The van der Waals surface area contributed by atoms with E-state index in [4.69, 9.17) is 0 Å². The van der Waals surface area contributed by atoms with Crippen molar-refractivity contribution in [3.63, 3.8) is 0 Å². The summed E-state index contributed by atoms with van der Waals surface area (Å²) in [6.07, 6.45) is -5.01. The number of hydrogen-bond acceptors (Lipinski definition) is 2. The Morgan fingerprint density at radius 1 is 1.29 bits per heavy atom. The molecule has 2 nitrogen and oxygen atoms in total. The number of pyridine rings is 1. The molecule has 0 bridgehead atoms. The second-order valence-corrected chi connectivity index (χ2v) is 2.41. The van der Waals surface area contributed by atoms with Gasteiger partial charge in [-0.1, -0.05) is 0 Å². The number of halogens is 5. The van der Waals surface area contributed by atoms with E-state index in [1.54, 1.807) is 0 Å². The summed E-state index contributed by atoms with van der Waals surface area (Å²) in [6.45, 7) is 1.05. The molecule has 1 aromatic heterocycles. The van der Waals surface area contributed by atoms with E-state index in [0.717, 1.165) is 6.92 Å². The maximum atomic E-state index is 12.7. The SMILES string of the molecule is Cc1c(F)cc(OC(F)(F)F)nc1F. The van der Waals surface area contributed by atoms with Crippen LogP contribution in [0.15, 0.2) is 6.07 Å². The molecule has 0 saturated heterocycles. The molecule has 0 spiro atoms. The van der Waals surface area contributed by atoms with E-state index in [1.807, 2.05) is 0 Å². The molecule has 0 atom stereocenters. The highest BCUT2D eigenvalue weighted by Gasteiger charge is 2.32. The topological polar surface area (TPSA) is 22.1 Å². The Balaban J connectivity index is 3.02. The zero-order chi connectivity index (χ0) is 10.9. The predicted molar refractivity (Wildman–Crippen MR) is 35.6 cm³/mol. The van der Waals surface area contributed by atoms with E-state index < -0.39 is 29.6 Å². The van der Waals surface area contributed by atoms with Gasteiger partial charge in [-0.3, -0.25) is 0 Å². The quantitative estimate of drug-likeness (QED) is 0.528. The van der Waals surface area contributed by atoms with Crippen LogP contribution in [-0.4, -0.2) is 11.3 Å². The molecule has 78 valence electrons. The molecule has 1 heterocycles. The lowest BCUT2D eigenvalue weighted by Gasteiger charge is -2.08. The first-order chi connectivity index (χ1) is 6.29. The van der Waals surface area contributed by atoms with Crippen LogP contribution >= 0.6 is 0 Å². The fourth-order valence-electron chi connectivity index (χ4n) is 0.699. The van der Waals surface area contributed by atoms with Gasteiger partial charge in [0.05, 0.1) is 0 Å². The fraction of sp³-hybridized carbons (Fsp3) is 0.286. The molecule has 14 heavy (non-hydrogen) atoms. The van der Waals surface area contributed by atoms with Crippen LogP contribution < -0.4 is 4.74 Å². The second-order valence-electron chi connectivity index (χ2n) is 2.41. The van der Waals surface area contributed by atoms with Gasteiger partial charge in [-0.15, -0.1) is 13.2 Å². The maximum absolute atomic E-state index is 12.7. The minimum atomic E-state index is -5.01. The van der Waals surface area contributed by atoms with Crippen LogP contribution in [0.25, 0.3) is 0 Å². The number of hydrogen-bond donors (Lipinski definition) is 0. The van der Waals surface area contributed by atoms with Gasteiger partial charge in [0.15, 0.2) is 0 Å². The number of rotatable bonds is 1. The van der Waals surface area contributed by atoms with Crippen LogP contribution in [0.4, 0.5) is 22.0 Å². The Bertz CT molecular complexity index is 325. The summed E-state index contributed by atoms with van der Waals surface area (Å²) < 4.78 is 63.3. The zero-order valence-electron chi connectivity index (χ0n) is 6.82. The monoisotopic (exact) mass is 213 g/mol. The molecule has 0 aliphatic rings. The Morgan fingerprint density at radius 3 is 2.29 bits per heavy atom. The molecule has 0 N–H and O–H groups in total. The smallest absolute Gasteiger partial charge is 0.388 e. The Labute approximate surface area is 75.3 Å². The van der Waals surface area contributed by atoms with Crippen molar-refractivity contribution in [2.24, 2.45) is 0 Å². The van der Waals surface area contributed by atoms with Gasteiger partial charge in [0.1, 0.15) is 5.82 Å². The van der Waals surface area contributed by atoms with Gasteiger partial charge in [-0.05, 0) is 6.92 Å². The van der Waals surface area contributed by atoms with Crippen molar-refractivity contribution in [1.82, 2.24) is 4.98 Å². The summed E-state index contributed by atoms with van der Waals surface area (Å²) in [5.41, 5.74) is -0.459. The van der Waals surface area contributed by atoms with Gasteiger partial charge >= 0.3 is 6.36 Å². The lowest BCUT2D eigenvalue weighted by Crippen LogP contribution is -2.18. The summed E-state index contributed by atoms with van der Waals surface area (Å²) in [7, 11) is 0. The van der Waals surface area contributed by atoms with Crippen LogP contribution in [0.3, 0.4) is 0 Å². The molecule has 0 amide bonds. The van der Waals surface area contributed by atoms with Gasteiger partial charge in [-0.2, -0.15) is 9.37 Å². The van der Waals surface area contributed by atoms with E-state index in [-0.39, 0.29) is 0 Å². The van der Waals surface area contributed by atoms with Gasteiger partial charge in [0.25, 0.3) is 0 Å². The van der Waals surface area contributed by atoms with Crippen LogP contribution in [-0.2, 0) is 0 Å². The van der Waals surface area contributed by atoms with Crippen LogP contribution in [0, 0.1) is 18.7 Å². The Morgan fingerprint density at radius 2 is 1.86 bits per heavy atom. The van der Waals surface area contributed by atoms with E-state index in [9.17, 15) is 22.0 Å². The molecule has 1 aromatic rings. The van der Waals surface area contributed by atoms with Crippen molar-refractivity contribution in [3.05, 3.63) is 23.4 Å². The lowest BCUT2D eigenvalue weighted by molar-refractivity contribution is -0.276. The average molecular weight is 213 g/mol. The van der Waals surface area contributed by atoms with Gasteiger partial charge in [0, 0.05) is 11.6 Å². The van der Waals surface area contributed by atoms with E-state index >= 15 is 0 Å². The summed E-state index contributed by atoms with van der Waals surface area (Å²) in [4.78, 5) is 2.77. The molecular weight excluding hydrogens is 209 g/mol. The molecule has 0 fully saturated rings. The third-order valence-electron chi connectivity index (χ3n) is 1.35. The molecule has 0 aliphatic carbocycles. The van der Waals surface area contributed by atoms with Gasteiger partial charge < -0.3 is 4.74 Å². The highest BCUT2D eigenvalue weighted by atomic mass is 19.4. The van der Waals surface area contributed by atoms with E-state index in [0.29, 0.717) is 6.07 Å². The summed E-state index contributed by atoms with van der Waals surface area (Å²) in [5.74, 6) is -3.63. The first kappa shape index (κ1) is 10.7. The normalized spacial score (nSPS) is 11.6. The summed E-state index contributed by atoms with van der Waals surface area (Å²) in [6, 6.07) is 0.367. The lowest BCUT2D eigenvalue weighted by atomic mass is 10.3. The van der Waals surface area contributed by atoms with Crippen molar-refractivity contribution in [2.45, 2.75) is 13.3 Å². The Kier molecular flexibility index (Phi) is 2.59. The van der Waals surface area contributed by atoms with Crippen molar-refractivity contribution >= 4 is 0 Å². The number of nitrogens with zero attached hydrogens (tertiary/aromatic N) is 1. The minimum absolute atomic E-state index is 0.367. The number of aromatic nitrogens is 1. The average Bonchev–Trinajstić information content (AvgIpc) is 1.96. The van der Waals surface area contributed by atoms with Crippen molar-refractivity contribution in [2.75, 3.05) is 0 Å². The summed E-state index contributed by atoms with van der Waals surface area (Å²) >= 11 is 0. The molecule has 0 unspecified atom stereocenters. The van der Waals surface area contributed by atoms with Crippen molar-refractivity contribution in [1.29, 1.82) is 0 Å². The zero-order valence-corrected chi connectivity index (χ0v) is 6.82. The van der Waals surface area contributed by atoms with Crippen LogP contribution in [0.2, 0.25) is 0 Å². The highest BCUT2D eigenvalue weighted by Crippen LogP contribution is 2.23. The van der Waals surface area contributed by atoms with Crippen molar-refractivity contribution < 1.29 is 26.7 Å². The number of ether oxygens (including phenoxy) is 1. The van der Waals surface area contributed by atoms with Gasteiger partial charge in [0.2, 0.25) is 11.8 Å². The molecule has 0 aliphatic heterocycles. The molecule has 0 saturated carbocycles. The molecule has 7 heteroatoms. The molecular formula is C7H4F5NO. The van der Waals surface area contributed by atoms with E-state index in [1.165, 1.54) is 0 Å². The minimum Gasteiger partial charge on any atom is -0.388 e. The summed E-state index contributed by atoms with van der Waals surface area (Å²) in [5, 5.41) is 0. The first-order valence-corrected chi connectivity index (χ1v) is 3.38. The number of alkyl halides is 3. The predicted octanol–water partition coefficient (Wildman–Crippen LogP) is 2.57. The van der Waals surface area contributed by atoms with Crippen LogP contribution in [0.5, 0.6) is 5.88 Å². The standard InChI is InChI=1S/C7H4F5NO/c1-3-4(8)2-5(13-6(3)9)14-7(10,11)12/h2H,1H3. The van der Waals surface area contributed by atoms with Crippen LogP contribution in [0.1, 0.15) is 5.56 Å². The Hall–Kier alpha value is -1.40. The molecule has 0 aromatic carbocycles. The van der Waals surface area contributed by atoms with Crippen molar-refractivity contribution in [3.8, 4) is 5.88 Å². The highest BCUT2D eigenvalue weighted by molar-refractivity contribution is 5.20. The fourth-order valence-corrected chi connectivity index (χ4v) is 0.699. The largest absolute Gasteiger partial charge is 0.574 e. The second kappa shape index (κ2) is 3.39. The molecule has 0 radical (unpaired) electrons. The maximum Gasteiger partial charge on any atom is 0.574 e. The third kappa shape index (κ3) is 2.54. The van der Waals surface area contributed by atoms with Gasteiger partial charge in [-0.25, -0.2) is 4.39 Å². The molecule has 1 rings (SSSR count). The van der Waals surface area contributed by atoms with E-state index in [2.05, 4.69) is 9.72 Å². The first-order valence-electron chi connectivity index (χ1n) is 3.38. The third-order valence-corrected chi connectivity index (χ3v) is 1.35.